The summed E-state index contributed by atoms with van der Waals surface area (Å²) >= 11 is 0. The number of amides is 1. The fraction of sp³-hybridized carbons (Fsp3) is 0.821. The second kappa shape index (κ2) is 23.5. The summed E-state index contributed by atoms with van der Waals surface area (Å²) in [6.45, 7) is 3.82. The van der Waals surface area contributed by atoms with Crippen LogP contribution < -0.4 is 5.32 Å². The van der Waals surface area contributed by atoms with Crippen LogP contribution in [0.2, 0.25) is 0 Å². The topological polar surface area (TPSA) is 110 Å². The maximum absolute atomic E-state index is 12.3. The second-order valence-corrected chi connectivity index (χ2v) is 9.35. The van der Waals surface area contributed by atoms with Gasteiger partial charge >= 0.3 is 0 Å². The molecule has 0 rings (SSSR count). The predicted octanol–water partition coefficient (Wildman–Crippen LogP) is 4.94. The largest absolute Gasteiger partial charge is 0.394 e. The van der Waals surface area contributed by atoms with Crippen LogP contribution in [-0.4, -0.2) is 57.3 Å². The van der Waals surface area contributed by atoms with Crippen molar-refractivity contribution in [2.75, 3.05) is 6.61 Å². The number of aliphatic hydroxyl groups is 4. The summed E-state index contributed by atoms with van der Waals surface area (Å²) in [4.78, 5) is 12.3. The molecule has 0 bridgehead atoms. The van der Waals surface area contributed by atoms with E-state index >= 15 is 0 Å². The zero-order valence-corrected chi connectivity index (χ0v) is 21.8. The Balaban J connectivity index is 4.05. The van der Waals surface area contributed by atoms with E-state index in [1.165, 1.54) is 38.5 Å². The van der Waals surface area contributed by atoms with Crippen LogP contribution in [0.25, 0.3) is 0 Å². The van der Waals surface area contributed by atoms with Crippen molar-refractivity contribution in [3.05, 3.63) is 24.3 Å². The van der Waals surface area contributed by atoms with E-state index in [4.69, 9.17) is 0 Å². The summed E-state index contributed by atoms with van der Waals surface area (Å²) in [5, 5.41) is 42.8. The Bertz CT molecular complexity index is 523. The molecule has 0 aliphatic carbocycles. The standard InChI is InChI=1S/C28H53NO5/c1-3-5-7-9-11-13-15-17-19-21-25(31)27(33)24(23-30)29-28(34)26(32)22-20-18-16-14-12-10-8-6-4-2/h5,7,13,15,24-27,30-33H,3-4,6,8-12,14,16-23H2,1-2H3,(H,29,34)/b7-5+,15-13+. The quantitative estimate of drug-likeness (QED) is 0.104. The number of hydrogen-bond donors (Lipinski definition) is 5. The molecule has 0 saturated carbocycles. The lowest BCUT2D eigenvalue weighted by molar-refractivity contribution is -0.132. The molecule has 0 aromatic heterocycles. The maximum atomic E-state index is 12.3. The molecule has 1 amide bonds. The molecule has 0 spiro atoms. The summed E-state index contributed by atoms with van der Waals surface area (Å²) in [6.07, 6.45) is 20.7. The zero-order valence-electron chi connectivity index (χ0n) is 21.8. The van der Waals surface area contributed by atoms with Gasteiger partial charge in [-0.05, 0) is 44.9 Å². The van der Waals surface area contributed by atoms with Crippen molar-refractivity contribution < 1.29 is 25.2 Å². The number of allylic oxidation sites excluding steroid dienone is 4. The van der Waals surface area contributed by atoms with Gasteiger partial charge in [-0.15, -0.1) is 0 Å². The predicted molar refractivity (Wildman–Crippen MR) is 141 cm³/mol. The smallest absolute Gasteiger partial charge is 0.249 e. The first-order chi connectivity index (χ1) is 16.5. The van der Waals surface area contributed by atoms with Crippen LogP contribution in [0.15, 0.2) is 24.3 Å². The van der Waals surface area contributed by atoms with Gasteiger partial charge in [-0.3, -0.25) is 4.79 Å². The summed E-state index contributed by atoms with van der Waals surface area (Å²) in [5.41, 5.74) is 0. The molecule has 0 aliphatic heterocycles. The Labute approximate surface area is 208 Å². The molecular formula is C28H53NO5. The van der Waals surface area contributed by atoms with Crippen LogP contribution in [0, 0.1) is 0 Å². The zero-order chi connectivity index (χ0) is 25.4. The van der Waals surface area contributed by atoms with Crippen LogP contribution in [0.1, 0.15) is 117 Å². The molecular weight excluding hydrogens is 430 g/mol. The van der Waals surface area contributed by atoms with Gasteiger partial charge in [0, 0.05) is 0 Å². The van der Waals surface area contributed by atoms with Gasteiger partial charge in [-0.1, -0.05) is 95.9 Å². The first-order valence-electron chi connectivity index (χ1n) is 13.7. The third-order valence-corrected chi connectivity index (χ3v) is 6.15. The number of carbonyl (C=O) groups excluding carboxylic acids is 1. The lowest BCUT2D eigenvalue weighted by Crippen LogP contribution is -2.53. The van der Waals surface area contributed by atoms with Crippen LogP contribution >= 0.6 is 0 Å². The molecule has 4 unspecified atom stereocenters. The van der Waals surface area contributed by atoms with Crippen molar-refractivity contribution in [3.8, 4) is 0 Å². The van der Waals surface area contributed by atoms with Crippen LogP contribution in [-0.2, 0) is 4.79 Å². The van der Waals surface area contributed by atoms with E-state index in [0.717, 1.165) is 44.9 Å². The van der Waals surface area contributed by atoms with Crippen LogP contribution in [0.3, 0.4) is 0 Å². The minimum Gasteiger partial charge on any atom is -0.394 e. The normalized spacial score (nSPS) is 15.6. The number of aliphatic hydroxyl groups excluding tert-OH is 4. The van der Waals surface area contributed by atoms with Crippen molar-refractivity contribution in [3.63, 3.8) is 0 Å². The van der Waals surface area contributed by atoms with E-state index < -0.39 is 36.9 Å². The van der Waals surface area contributed by atoms with Crippen molar-refractivity contribution >= 4 is 5.91 Å². The monoisotopic (exact) mass is 483 g/mol. The van der Waals surface area contributed by atoms with E-state index in [-0.39, 0.29) is 0 Å². The SMILES string of the molecule is CC/C=C/CC/C=C/CCCC(O)C(O)C(CO)NC(=O)C(O)CCCCCCCCCCC. The Kier molecular flexibility index (Phi) is 22.7. The Morgan fingerprint density at radius 3 is 1.88 bits per heavy atom. The first kappa shape index (κ1) is 32.8. The number of nitrogens with one attached hydrogen (secondary N) is 1. The summed E-state index contributed by atoms with van der Waals surface area (Å²) < 4.78 is 0. The number of carbonyl (C=O) groups is 1. The average molecular weight is 484 g/mol. The molecule has 5 N–H and O–H groups in total. The van der Waals surface area contributed by atoms with Gasteiger partial charge in [0.05, 0.1) is 18.8 Å². The lowest BCUT2D eigenvalue weighted by atomic mass is 10.00. The molecule has 34 heavy (non-hydrogen) atoms. The minimum atomic E-state index is -1.28. The minimum absolute atomic E-state index is 0.360. The van der Waals surface area contributed by atoms with Gasteiger partial charge in [0.25, 0.3) is 0 Å². The molecule has 0 aliphatic rings. The van der Waals surface area contributed by atoms with Crippen LogP contribution in [0.5, 0.6) is 0 Å². The van der Waals surface area contributed by atoms with Gasteiger partial charge in [-0.25, -0.2) is 0 Å². The number of hydrogen-bond acceptors (Lipinski definition) is 5. The third-order valence-electron chi connectivity index (χ3n) is 6.15. The Morgan fingerprint density at radius 2 is 1.29 bits per heavy atom. The molecule has 0 radical (unpaired) electrons. The van der Waals surface area contributed by atoms with Gasteiger partial charge in [0.2, 0.25) is 5.91 Å². The highest BCUT2D eigenvalue weighted by molar-refractivity contribution is 5.80. The van der Waals surface area contributed by atoms with E-state index in [1.807, 2.05) is 0 Å². The number of rotatable bonds is 23. The van der Waals surface area contributed by atoms with Crippen molar-refractivity contribution in [1.29, 1.82) is 0 Å². The Hall–Kier alpha value is -1.21. The molecule has 0 fully saturated rings. The molecule has 4 atom stereocenters. The van der Waals surface area contributed by atoms with Gasteiger partial charge in [0.15, 0.2) is 0 Å². The molecule has 6 nitrogen and oxygen atoms in total. The fourth-order valence-corrected chi connectivity index (χ4v) is 3.89. The average Bonchev–Trinajstić information content (AvgIpc) is 2.84. The van der Waals surface area contributed by atoms with E-state index in [1.54, 1.807) is 0 Å². The highest BCUT2D eigenvalue weighted by Gasteiger charge is 2.28. The highest BCUT2D eigenvalue weighted by atomic mass is 16.3. The van der Waals surface area contributed by atoms with E-state index in [0.29, 0.717) is 19.3 Å². The second-order valence-electron chi connectivity index (χ2n) is 9.35. The van der Waals surface area contributed by atoms with Gasteiger partial charge in [0.1, 0.15) is 12.2 Å². The van der Waals surface area contributed by atoms with Crippen LogP contribution in [0.4, 0.5) is 0 Å². The molecule has 6 heteroatoms. The molecule has 0 heterocycles. The summed E-state index contributed by atoms with van der Waals surface area (Å²) in [6, 6.07) is -0.999. The summed E-state index contributed by atoms with van der Waals surface area (Å²) in [5.74, 6) is -0.607. The Morgan fingerprint density at radius 1 is 0.735 bits per heavy atom. The van der Waals surface area contributed by atoms with E-state index in [2.05, 4.69) is 43.5 Å². The fourth-order valence-electron chi connectivity index (χ4n) is 3.89. The summed E-state index contributed by atoms with van der Waals surface area (Å²) in [7, 11) is 0. The van der Waals surface area contributed by atoms with E-state index in [9.17, 15) is 25.2 Å². The third kappa shape index (κ3) is 18.2. The maximum Gasteiger partial charge on any atom is 0.249 e. The number of unbranched alkanes of at least 4 members (excludes halogenated alkanes) is 10. The van der Waals surface area contributed by atoms with Gasteiger partial charge < -0.3 is 25.7 Å². The van der Waals surface area contributed by atoms with Crippen molar-refractivity contribution in [2.45, 2.75) is 141 Å². The highest BCUT2D eigenvalue weighted by Crippen LogP contribution is 2.13. The van der Waals surface area contributed by atoms with Gasteiger partial charge in [-0.2, -0.15) is 0 Å². The molecule has 0 aromatic carbocycles. The van der Waals surface area contributed by atoms with Crippen molar-refractivity contribution in [1.82, 2.24) is 5.32 Å². The first-order valence-corrected chi connectivity index (χ1v) is 13.7. The molecule has 0 saturated heterocycles. The lowest BCUT2D eigenvalue weighted by Gasteiger charge is -2.27. The van der Waals surface area contributed by atoms with Crippen molar-refractivity contribution in [2.24, 2.45) is 0 Å². The molecule has 0 aromatic rings. The molecule has 200 valence electrons.